The quantitative estimate of drug-likeness (QED) is 0.698. The molecule has 0 spiro atoms. The van der Waals surface area contributed by atoms with Crippen LogP contribution in [-0.4, -0.2) is 34.4 Å². The van der Waals surface area contributed by atoms with Gasteiger partial charge in [-0.3, -0.25) is 9.59 Å². The summed E-state index contributed by atoms with van der Waals surface area (Å²) in [7, 11) is 0. The van der Waals surface area contributed by atoms with Crippen molar-refractivity contribution in [3.8, 4) is 5.88 Å². The lowest BCUT2D eigenvalue weighted by molar-refractivity contribution is -0.137. The number of ether oxygens (including phenoxy) is 1. The second-order valence-corrected chi connectivity index (χ2v) is 6.43. The number of nitrogens with zero attached hydrogens (tertiary/aromatic N) is 2. The van der Waals surface area contributed by atoms with Crippen LogP contribution in [0.1, 0.15) is 36.2 Å². The molecule has 1 atom stereocenters. The van der Waals surface area contributed by atoms with Crippen LogP contribution in [0, 0.1) is 0 Å². The van der Waals surface area contributed by atoms with E-state index in [4.69, 9.17) is 16.3 Å². The van der Waals surface area contributed by atoms with Gasteiger partial charge in [0.15, 0.2) is 0 Å². The maximum atomic E-state index is 12.6. The lowest BCUT2D eigenvalue weighted by Crippen LogP contribution is -2.37. The number of carbonyl (C=O) groups is 2. The summed E-state index contributed by atoms with van der Waals surface area (Å²) in [5.41, 5.74) is -0.719. The molecule has 156 valence electrons. The SMILES string of the molecule is CCC(=O)Nc1cc(C(=O)NC(C)COc2ncc(C(F)(F)F)cc2Cl)ccn1. The summed E-state index contributed by atoms with van der Waals surface area (Å²) in [5, 5.41) is 4.92. The summed E-state index contributed by atoms with van der Waals surface area (Å²) in [5.74, 6) is -0.608. The molecule has 0 bridgehead atoms. The van der Waals surface area contributed by atoms with Gasteiger partial charge in [-0.05, 0) is 25.1 Å². The van der Waals surface area contributed by atoms with Gasteiger partial charge >= 0.3 is 6.18 Å². The molecular weight excluding hydrogens is 413 g/mol. The Bertz CT molecular complexity index is 893. The van der Waals surface area contributed by atoms with Gasteiger partial charge in [0.1, 0.15) is 17.4 Å². The molecule has 0 radical (unpaired) electrons. The minimum Gasteiger partial charge on any atom is -0.474 e. The number of rotatable bonds is 7. The molecule has 7 nitrogen and oxygen atoms in total. The highest BCUT2D eigenvalue weighted by Gasteiger charge is 2.31. The van der Waals surface area contributed by atoms with E-state index < -0.39 is 23.7 Å². The van der Waals surface area contributed by atoms with Crippen LogP contribution in [0.3, 0.4) is 0 Å². The number of hydrogen-bond acceptors (Lipinski definition) is 5. The molecule has 0 aliphatic carbocycles. The normalized spacial score (nSPS) is 12.2. The molecule has 2 aromatic rings. The van der Waals surface area contributed by atoms with Crippen LogP contribution >= 0.6 is 11.6 Å². The van der Waals surface area contributed by atoms with E-state index in [2.05, 4.69) is 20.6 Å². The molecular formula is C18H18ClF3N4O3. The summed E-state index contributed by atoms with van der Waals surface area (Å²) >= 11 is 5.78. The molecule has 2 heterocycles. The molecule has 0 aliphatic rings. The van der Waals surface area contributed by atoms with Gasteiger partial charge in [0.2, 0.25) is 11.8 Å². The number of aromatic nitrogens is 2. The molecule has 1 unspecified atom stereocenters. The van der Waals surface area contributed by atoms with Crippen LogP contribution in [0.5, 0.6) is 5.88 Å². The molecule has 0 fully saturated rings. The van der Waals surface area contributed by atoms with Crippen molar-refractivity contribution in [2.75, 3.05) is 11.9 Å². The first-order chi connectivity index (χ1) is 13.6. The van der Waals surface area contributed by atoms with E-state index in [0.29, 0.717) is 6.20 Å². The number of pyridine rings is 2. The van der Waals surface area contributed by atoms with Crippen molar-refractivity contribution in [3.05, 3.63) is 46.7 Å². The average molecular weight is 431 g/mol. The summed E-state index contributed by atoms with van der Waals surface area (Å²) in [6.45, 7) is 3.25. The Balaban J connectivity index is 1.94. The summed E-state index contributed by atoms with van der Waals surface area (Å²) in [4.78, 5) is 31.3. The van der Waals surface area contributed by atoms with Crippen molar-refractivity contribution in [2.24, 2.45) is 0 Å². The first-order valence-corrected chi connectivity index (χ1v) is 8.90. The molecule has 2 aromatic heterocycles. The van der Waals surface area contributed by atoms with Crippen molar-refractivity contribution < 1.29 is 27.5 Å². The number of hydrogen-bond donors (Lipinski definition) is 2. The highest BCUT2D eigenvalue weighted by atomic mass is 35.5. The van der Waals surface area contributed by atoms with Gasteiger partial charge < -0.3 is 15.4 Å². The van der Waals surface area contributed by atoms with Crippen molar-refractivity contribution in [3.63, 3.8) is 0 Å². The highest BCUT2D eigenvalue weighted by molar-refractivity contribution is 6.31. The standard InChI is InChI=1S/C18H18ClF3N4O3/c1-3-15(27)26-14-6-11(4-5-23-14)16(28)25-10(2)9-29-17-13(19)7-12(8-24-17)18(20,21)22/h4-8,10H,3,9H2,1-2H3,(H,25,28)(H,23,26,27). The molecule has 0 saturated heterocycles. The molecule has 0 aliphatic heterocycles. The number of halogens is 4. The number of nitrogens with one attached hydrogen (secondary N) is 2. The van der Waals surface area contributed by atoms with Gasteiger partial charge in [-0.2, -0.15) is 13.2 Å². The fourth-order valence-electron chi connectivity index (χ4n) is 2.11. The number of amides is 2. The number of anilines is 1. The van der Waals surface area contributed by atoms with Crippen molar-refractivity contribution in [1.29, 1.82) is 0 Å². The highest BCUT2D eigenvalue weighted by Crippen LogP contribution is 2.33. The molecule has 0 saturated carbocycles. The Labute approximate surface area is 169 Å². The van der Waals surface area contributed by atoms with Gasteiger partial charge in [0.05, 0.1) is 11.6 Å². The van der Waals surface area contributed by atoms with Crippen LogP contribution in [0.2, 0.25) is 5.02 Å². The monoisotopic (exact) mass is 430 g/mol. The van der Waals surface area contributed by atoms with Gasteiger partial charge in [0, 0.05) is 24.4 Å². The van der Waals surface area contributed by atoms with Gasteiger partial charge in [-0.15, -0.1) is 0 Å². The van der Waals surface area contributed by atoms with E-state index in [-0.39, 0.29) is 41.2 Å². The van der Waals surface area contributed by atoms with Crippen molar-refractivity contribution >= 4 is 29.2 Å². The van der Waals surface area contributed by atoms with E-state index in [1.54, 1.807) is 13.8 Å². The second-order valence-electron chi connectivity index (χ2n) is 6.03. The molecule has 11 heteroatoms. The fraction of sp³-hybridized carbons (Fsp3) is 0.333. The Morgan fingerprint density at radius 2 is 2.00 bits per heavy atom. The molecule has 2 rings (SSSR count). The maximum absolute atomic E-state index is 12.6. The van der Waals surface area contributed by atoms with Gasteiger partial charge in [-0.1, -0.05) is 18.5 Å². The second kappa shape index (κ2) is 9.55. The third kappa shape index (κ3) is 6.60. The Morgan fingerprint density at radius 3 is 2.62 bits per heavy atom. The van der Waals surface area contributed by atoms with Crippen molar-refractivity contribution in [1.82, 2.24) is 15.3 Å². The molecule has 2 N–H and O–H groups in total. The minimum absolute atomic E-state index is 0.0751. The van der Waals surface area contributed by atoms with Crippen LogP contribution in [-0.2, 0) is 11.0 Å². The first-order valence-electron chi connectivity index (χ1n) is 8.52. The average Bonchev–Trinajstić information content (AvgIpc) is 2.66. The Hall–Kier alpha value is -2.88. The van der Waals surface area contributed by atoms with Gasteiger partial charge in [0.25, 0.3) is 5.91 Å². The van der Waals surface area contributed by atoms with Crippen molar-refractivity contribution in [2.45, 2.75) is 32.5 Å². The van der Waals surface area contributed by atoms with E-state index in [9.17, 15) is 22.8 Å². The van der Waals surface area contributed by atoms with Crippen LogP contribution in [0.15, 0.2) is 30.6 Å². The van der Waals surface area contributed by atoms with E-state index >= 15 is 0 Å². The zero-order chi connectivity index (χ0) is 21.6. The zero-order valence-electron chi connectivity index (χ0n) is 15.5. The Kier molecular flexibility index (Phi) is 7.38. The molecule has 0 aromatic carbocycles. The van der Waals surface area contributed by atoms with Crippen LogP contribution < -0.4 is 15.4 Å². The largest absolute Gasteiger partial charge is 0.474 e. The lowest BCUT2D eigenvalue weighted by atomic mass is 10.2. The maximum Gasteiger partial charge on any atom is 0.417 e. The summed E-state index contributed by atoms with van der Waals surface area (Å²) in [6, 6.07) is 3.10. The fourth-order valence-corrected chi connectivity index (χ4v) is 2.33. The van der Waals surface area contributed by atoms with Crippen LogP contribution in [0.25, 0.3) is 0 Å². The van der Waals surface area contributed by atoms with Crippen LogP contribution in [0.4, 0.5) is 19.0 Å². The molecule has 29 heavy (non-hydrogen) atoms. The van der Waals surface area contributed by atoms with E-state index in [1.807, 2.05) is 0 Å². The smallest absolute Gasteiger partial charge is 0.417 e. The minimum atomic E-state index is -4.56. The number of carbonyl (C=O) groups excluding carboxylic acids is 2. The lowest BCUT2D eigenvalue weighted by Gasteiger charge is -2.16. The first kappa shape index (κ1) is 22.4. The zero-order valence-corrected chi connectivity index (χ0v) is 16.3. The summed E-state index contributed by atoms with van der Waals surface area (Å²) in [6.07, 6.45) is -2.29. The number of alkyl halides is 3. The summed E-state index contributed by atoms with van der Waals surface area (Å²) < 4.78 is 43.2. The van der Waals surface area contributed by atoms with Gasteiger partial charge in [-0.25, -0.2) is 9.97 Å². The predicted octanol–water partition coefficient (Wildman–Crippen LogP) is 3.69. The third-order valence-corrected chi connectivity index (χ3v) is 3.86. The molecule has 2 amide bonds. The predicted molar refractivity (Wildman–Crippen MR) is 99.8 cm³/mol. The van der Waals surface area contributed by atoms with E-state index in [0.717, 1.165) is 6.07 Å². The third-order valence-electron chi connectivity index (χ3n) is 3.59. The Morgan fingerprint density at radius 1 is 1.28 bits per heavy atom. The van der Waals surface area contributed by atoms with E-state index in [1.165, 1.54) is 18.3 Å². The topological polar surface area (TPSA) is 93.2 Å².